The number of hydrogen-bond acceptors (Lipinski definition) is 2. The van der Waals surface area contributed by atoms with Gasteiger partial charge in [-0.15, -0.1) is 0 Å². The largest absolute Gasteiger partial charge is 0.530 e. The van der Waals surface area contributed by atoms with Crippen molar-refractivity contribution in [3.8, 4) is 0 Å². The van der Waals surface area contributed by atoms with Gasteiger partial charge in [0, 0.05) is 13.1 Å². The Morgan fingerprint density at radius 2 is 1.95 bits per heavy atom. The number of nitrogens with zero attached hydrogens (tertiary/aromatic N) is 1. The smallest absolute Gasteiger partial charge is 0.416 e. The van der Waals surface area contributed by atoms with E-state index >= 15 is 0 Å². The summed E-state index contributed by atoms with van der Waals surface area (Å²) in [6.45, 7) is 0.645. The van der Waals surface area contributed by atoms with Crippen LogP contribution < -0.4 is 5.11 Å². The minimum atomic E-state index is -4.38. The lowest BCUT2D eigenvalue weighted by molar-refractivity contribution is -0.264. The second-order valence-corrected chi connectivity index (χ2v) is 5.53. The predicted octanol–water partition coefficient (Wildman–Crippen LogP) is 2.38. The number of carbonyl (C=O) groups excluding carboxylic acids is 1. The maximum atomic E-state index is 13.0. The van der Waals surface area contributed by atoms with Gasteiger partial charge in [-0.05, 0) is 35.5 Å². The van der Waals surface area contributed by atoms with Crippen LogP contribution >= 0.6 is 0 Å². The zero-order valence-corrected chi connectivity index (χ0v) is 11.1. The summed E-state index contributed by atoms with van der Waals surface area (Å²) in [5.74, 6) is 0.0402. The second kappa shape index (κ2) is 4.79. The standard InChI is InChI=1S/C15H14F3NO2/c16-15(17,18)13-4-2-1-3-12(13)9-5-10-7-19(14(20)21)8-11(10)6-9/h1-5,10-11H,6-8H2,(H,20,21)/p-1. The van der Waals surface area contributed by atoms with Gasteiger partial charge in [0.15, 0.2) is 0 Å². The Bertz CT molecular complexity index is 609. The molecule has 2 atom stereocenters. The molecule has 0 spiro atoms. The van der Waals surface area contributed by atoms with Crippen molar-refractivity contribution in [3.63, 3.8) is 0 Å². The van der Waals surface area contributed by atoms with Gasteiger partial charge in [-0.25, -0.2) is 0 Å². The summed E-state index contributed by atoms with van der Waals surface area (Å²) in [7, 11) is 0. The molecule has 1 fully saturated rings. The van der Waals surface area contributed by atoms with E-state index in [0.29, 0.717) is 25.1 Å². The first-order valence-corrected chi connectivity index (χ1v) is 6.69. The topological polar surface area (TPSA) is 43.4 Å². The van der Waals surface area contributed by atoms with E-state index in [4.69, 9.17) is 0 Å². The van der Waals surface area contributed by atoms with Crippen LogP contribution in [0.3, 0.4) is 0 Å². The molecule has 1 amide bonds. The third-order valence-corrected chi connectivity index (χ3v) is 4.23. The number of likely N-dealkylation sites (tertiary alicyclic amines) is 1. The maximum Gasteiger partial charge on any atom is 0.416 e. The van der Waals surface area contributed by atoms with E-state index in [1.54, 1.807) is 12.1 Å². The van der Waals surface area contributed by atoms with Gasteiger partial charge in [0.25, 0.3) is 0 Å². The number of rotatable bonds is 1. The van der Waals surface area contributed by atoms with Crippen LogP contribution in [0, 0.1) is 11.8 Å². The Labute approximate surface area is 119 Å². The first-order chi connectivity index (χ1) is 9.86. The Morgan fingerprint density at radius 3 is 2.57 bits per heavy atom. The molecule has 1 aromatic rings. The molecule has 6 heteroatoms. The summed E-state index contributed by atoms with van der Waals surface area (Å²) in [4.78, 5) is 12.0. The molecule has 112 valence electrons. The molecule has 0 radical (unpaired) electrons. The minimum absolute atomic E-state index is 0.0146. The molecule has 1 aliphatic heterocycles. The zero-order valence-electron chi connectivity index (χ0n) is 11.1. The Hall–Kier alpha value is -1.98. The van der Waals surface area contributed by atoms with E-state index in [2.05, 4.69) is 0 Å². The molecule has 2 aliphatic rings. The van der Waals surface area contributed by atoms with Crippen LogP contribution in [0.15, 0.2) is 30.3 Å². The highest BCUT2D eigenvalue weighted by Gasteiger charge is 2.39. The summed E-state index contributed by atoms with van der Waals surface area (Å²) < 4.78 is 39.1. The molecule has 0 bridgehead atoms. The third kappa shape index (κ3) is 2.50. The summed E-state index contributed by atoms with van der Waals surface area (Å²) in [6, 6.07) is 5.53. The Kier molecular flexibility index (Phi) is 3.19. The predicted molar refractivity (Wildman–Crippen MR) is 68.0 cm³/mol. The lowest BCUT2D eigenvalue weighted by atomic mass is 9.96. The van der Waals surface area contributed by atoms with Crippen molar-refractivity contribution < 1.29 is 23.1 Å². The Balaban J connectivity index is 1.88. The zero-order chi connectivity index (χ0) is 15.2. The fourth-order valence-corrected chi connectivity index (χ4v) is 3.27. The molecule has 0 N–H and O–H groups in total. The fourth-order valence-electron chi connectivity index (χ4n) is 3.27. The summed E-state index contributed by atoms with van der Waals surface area (Å²) in [6.07, 6.45) is -3.33. The van der Waals surface area contributed by atoms with Gasteiger partial charge < -0.3 is 14.8 Å². The van der Waals surface area contributed by atoms with Crippen LogP contribution in [-0.2, 0) is 6.18 Å². The molecule has 3 nitrogen and oxygen atoms in total. The number of carbonyl (C=O) groups is 1. The SMILES string of the molecule is O=C([O-])N1CC2C=C(c3ccccc3C(F)(F)F)CC2C1. The van der Waals surface area contributed by atoms with Gasteiger partial charge in [0.05, 0.1) is 5.56 Å². The average Bonchev–Trinajstić information content (AvgIpc) is 2.95. The van der Waals surface area contributed by atoms with Crippen LogP contribution in [0.2, 0.25) is 0 Å². The van der Waals surface area contributed by atoms with Crippen molar-refractivity contribution in [2.24, 2.45) is 11.8 Å². The minimum Gasteiger partial charge on any atom is -0.530 e. The molecular formula is C15H13F3NO2-. The molecule has 1 aliphatic carbocycles. The van der Waals surface area contributed by atoms with Crippen molar-refractivity contribution in [1.29, 1.82) is 0 Å². The molecule has 21 heavy (non-hydrogen) atoms. The molecule has 1 heterocycles. The van der Waals surface area contributed by atoms with E-state index in [1.807, 2.05) is 0 Å². The molecule has 0 saturated carbocycles. The molecular weight excluding hydrogens is 283 g/mol. The van der Waals surface area contributed by atoms with Crippen LogP contribution in [0.5, 0.6) is 0 Å². The van der Waals surface area contributed by atoms with Gasteiger partial charge >= 0.3 is 6.18 Å². The van der Waals surface area contributed by atoms with Crippen molar-refractivity contribution >= 4 is 11.7 Å². The monoisotopic (exact) mass is 296 g/mol. The average molecular weight is 296 g/mol. The van der Waals surface area contributed by atoms with Crippen molar-refractivity contribution in [2.45, 2.75) is 12.6 Å². The number of benzene rings is 1. The lowest BCUT2D eigenvalue weighted by Crippen LogP contribution is -2.39. The van der Waals surface area contributed by atoms with Crippen LogP contribution in [0.4, 0.5) is 18.0 Å². The van der Waals surface area contributed by atoms with Crippen LogP contribution in [-0.4, -0.2) is 24.1 Å². The van der Waals surface area contributed by atoms with Gasteiger partial charge in [-0.2, -0.15) is 13.2 Å². The third-order valence-electron chi connectivity index (χ3n) is 4.23. The number of halogens is 3. The number of hydrogen-bond donors (Lipinski definition) is 0. The highest BCUT2D eigenvalue weighted by Crippen LogP contribution is 2.44. The Morgan fingerprint density at radius 1 is 1.24 bits per heavy atom. The van der Waals surface area contributed by atoms with Crippen LogP contribution in [0.1, 0.15) is 17.5 Å². The molecule has 3 rings (SSSR count). The number of allylic oxidation sites excluding steroid dienone is 1. The summed E-state index contributed by atoms with van der Waals surface area (Å²) in [5, 5.41) is 10.8. The van der Waals surface area contributed by atoms with Crippen LogP contribution in [0.25, 0.3) is 5.57 Å². The molecule has 1 saturated heterocycles. The summed E-state index contributed by atoms with van der Waals surface area (Å²) >= 11 is 0. The van der Waals surface area contributed by atoms with Crippen molar-refractivity contribution in [2.75, 3.05) is 13.1 Å². The van der Waals surface area contributed by atoms with E-state index in [0.717, 1.165) is 6.07 Å². The van der Waals surface area contributed by atoms with E-state index in [9.17, 15) is 23.1 Å². The molecule has 0 aromatic heterocycles. The number of fused-ring (bicyclic) bond motifs is 1. The van der Waals surface area contributed by atoms with E-state index in [1.165, 1.54) is 17.0 Å². The van der Waals surface area contributed by atoms with Gasteiger partial charge in [-0.3, -0.25) is 0 Å². The lowest BCUT2D eigenvalue weighted by Gasteiger charge is -2.20. The normalized spacial score (nSPS) is 24.9. The van der Waals surface area contributed by atoms with Crippen molar-refractivity contribution in [3.05, 3.63) is 41.5 Å². The van der Waals surface area contributed by atoms with Crippen molar-refractivity contribution in [1.82, 2.24) is 4.90 Å². The highest BCUT2D eigenvalue weighted by molar-refractivity contribution is 5.72. The molecule has 1 aromatic carbocycles. The van der Waals surface area contributed by atoms with E-state index < -0.39 is 17.8 Å². The first-order valence-electron chi connectivity index (χ1n) is 6.69. The van der Waals surface area contributed by atoms with Gasteiger partial charge in [0.1, 0.15) is 6.09 Å². The first kappa shape index (κ1) is 14.0. The quantitative estimate of drug-likeness (QED) is 0.798. The number of amides is 1. The fraction of sp³-hybridized carbons (Fsp3) is 0.400. The van der Waals surface area contributed by atoms with Gasteiger partial charge in [0.2, 0.25) is 0 Å². The number of carboxylic acid groups (broad SMARTS) is 1. The van der Waals surface area contributed by atoms with Gasteiger partial charge in [-0.1, -0.05) is 24.3 Å². The summed E-state index contributed by atoms with van der Waals surface area (Å²) in [5.41, 5.74) is 0.239. The molecule has 2 unspecified atom stereocenters. The van der Waals surface area contributed by atoms with E-state index in [-0.39, 0.29) is 17.4 Å². The number of alkyl halides is 3. The second-order valence-electron chi connectivity index (χ2n) is 5.53. The highest BCUT2D eigenvalue weighted by atomic mass is 19.4. The maximum absolute atomic E-state index is 13.0.